The van der Waals surface area contributed by atoms with E-state index in [0.29, 0.717) is 0 Å². The molecule has 0 aromatic carbocycles. The van der Waals surface area contributed by atoms with E-state index in [1.165, 1.54) is 37.0 Å². The van der Waals surface area contributed by atoms with Gasteiger partial charge < -0.3 is 10.9 Å². The second-order valence-corrected chi connectivity index (χ2v) is 2.81. The van der Waals surface area contributed by atoms with E-state index in [-0.39, 0.29) is 0 Å². The highest BCUT2D eigenvalue weighted by Gasteiger charge is 2.11. The molecule has 0 bridgehead atoms. The largest absolute Gasteiger partial charge is 0.308 e. The van der Waals surface area contributed by atoms with Crippen molar-refractivity contribution in [2.24, 2.45) is 0 Å². The minimum Gasteiger partial charge on any atom is -0.308 e. The molecule has 2 nitrogen and oxygen atoms in total. The van der Waals surface area contributed by atoms with Gasteiger partial charge in [-0.1, -0.05) is 0 Å². The van der Waals surface area contributed by atoms with E-state index in [9.17, 15) is 0 Å². The Morgan fingerprint density at radius 1 is 1.20 bits per heavy atom. The van der Waals surface area contributed by atoms with Gasteiger partial charge in [0.2, 0.25) is 0 Å². The first-order valence-electron chi connectivity index (χ1n) is 3.87. The van der Waals surface area contributed by atoms with Gasteiger partial charge in [-0.25, -0.2) is 0 Å². The Labute approximate surface area is 61.0 Å². The zero-order valence-electron chi connectivity index (χ0n) is 5.98. The summed E-state index contributed by atoms with van der Waals surface area (Å²) in [6.45, 7) is 0. The number of hydrogen-bond donors (Lipinski definition) is 2. The minimum absolute atomic E-state index is 1.21. The molecule has 0 radical (unpaired) electrons. The number of nitrogens with one attached hydrogen (secondary N) is 2. The van der Waals surface area contributed by atoms with Gasteiger partial charge in [0.1, 0.15) is 0 Å². The van der Waals surface area contributed by atoms with Crippen LogP contribution < -0.4 is 10.9 Å². The normalized spacial score (nSPS) is 23.2. The SMILES string of the molecule is C1=CC2=C(CCCC2)NN1. The summed E-state index contributed by atoms with van der Waals surface area (Å²) in [5.74, 6) is 0. The summed E-state index contributed by atoms with van der Waals surface area (Å²) in [7, 11) is 0. The third-order valence-electron chi connectivity index (χ3n) is 2.10. The van der Waals surface area contributed by atoms with Gasteiger partial charge in [-0.2, -0.15) is 0 Å². The van der Waals surface area contributed by atoms with Crippen LogP contribution in [0.3, 0.4) is 0 Å². The predicted octanol–water partition coefficient (Wildman–Crippen LogP) is 1.44. The van der Waals surface area contributed by atoms with Gasteiger partial charge in [0, 0.05) is 11.9 Å². The molecule has 1 aliphatic heterocycles. The molecule has 0 spiro atoms. The fourth-order valence-corrected chi connectivity index (χ4v) is 1.53. The Morgan fingerprint density at radius 2 is 2.10 bits per heavy atom. The highest BCUT2D eigenvalue weighted by molar-refractivity contribution is 5.28. The molecule has 0 unspecified atom stereocenters. The van der Waals surface area contributed by atoms with Crippen molar-refractivity contribution in [3.05, 3.63) is 23.5 Å². The van der Waals surface area contributed by atoms with Gasteiger partial charge in [0.05, 0.1) is 0 Å². The van der Waals surface area contributed by atoms with Gasteiger partial charge in [-0.15, -0.1) is 0 Å². The standard InChI is InChI=1S/C8H12N2/c1-2-4-8-7(3-1)5-6-9-10-8/h5-6,9-10H,1-4H2. The fraction of sp³-hybridized carbons (Fsp3) is 0.500. The molecule has 0 amide bonds. The van der Waals surface area contributed by atoms with E-state index in [4.69, 9.17) is 0 Å². The Kier molecular flexibility index (Phi) is 1.38. The second-order valence-electron chi connectivity index (χ2n) is 2.81. The maximum absolute atomic E-state index is 3.16. The van der Waals surface area contributed by atoms with Crippen molar-refractivity contribution in [2.45, 2.75) is 25.7 Å². The lowest BCUT2D eigenvalue weighted by Crippen LogP contribution is -2.30. The number of allylic oxidation sites excluding steroid dienone is 3. The van der Waals surface area contributed by atoms with Crippen LogP contribution >= 0.6 is 0 Å². The molecule has 10 heavy (non-hydrogen) atoms. The van der Waals surface area contributed by atoms with Crippen molar-refractivity contribution in [1.29, 1.82) is 0 Å². The fourth-order valence-electron chi connectivity index (χ4n) is 1.53. The summed E-state index contributed by atoms with van der Waals surface area (Å²) in [5.41, 5.74) is 9.05. The first-order chi connectivity index (χ1) is 4.97. The van der Waals surface area contributed by atoms with Crippen LogP contribution in [0.5, 0.6) is 0 Å². The summed E-state index contributed by atoms with van der Waals surface area (Å²) in [5, 5.41) is 0. The van der Waals surface area contributed by atoms with E-state index in [1.54, 1.807) is 0 Å². The first-order valence-corrected chi connectivity index (χ1v) is 3.87. The topological polar surface area (TPSA) is 24.1 Å². The monoisotopic (exact) mass is 136 g/mol. The van der Waals surface area contributed by atoms with Crippen molar-refractivity contribution in [2.75, 3.05) is 0 Å². The smallest absolute Gasteiger partial charge is 0.0346 e. The van der Waals surface area contributed by atoms with Crippen molar-refractivity contribution in [3.8, 4) is 0 Å². The zero-order chi connectivity index (χ0) is 6.81. The summed E-state index contributed by atoms with van der Waals surface area (Å²) in [6, 6.07) is 0. The molecule has 1 aliphatic carbocycles. The van der Waals surface area contributed by atoms with Crippen molar-refractivity contribution in [1.82, 2.24) is 10.9 Å². The van der Waals surface area contributed by atoms with Crippen LogP contribution in [-0.2, 0) is 0 Å². The summed E-state index contributed by atoms with van der Waals surface area (Å²) in [6.07, 6.45) is 9.29. The molecule has 0 saturated carbocycles. The van der Waals surface area contributed by atoms with Crippen LogP contribution in [0.15, 0.2) is 23.5 Å². The average Bonchev–Trinajstić information content (AvgIpc) is 2.05. The highest BCUT2D eigenvalue weighted by atomic mass is 15.4. The minimum atomic E-state index is 1.21. The molecule has 54 valence electrons. The number of rotatable bonds is 0. The third kappa shape index (κ3) is 0.897. The maximum Gasteiger partial charge on any atom is 0.0346 e. The summed E-state index contributed by atoms with van der Waals surface area (Å²) in [4.78, 5) is 0. The van der Waals surface area contributed by atoms with Gasteiger partial charge in [0.15, 0.2) is 0 Å². The lowest BCUT2D eigenvalue weighted by Gasteiger charge is -2.22. The van der Waals surface area contributed by atoms with Crippen molar-refractivity contribution >= 4 is 0 Å². The molecule has 1 heterocycles. The highest BCUT2D eigenvalue weighted by Crippen LogP contribution is 2.24. The van der Waals surface area contributed by atoms with Crippen LogP contribution in [-0.4, -0.2) is 0 Å². The van der Waals surface area contributed by atoms with Crippen molar-refractivity contribution in [3.63, 3.8) is 0 Å². The molecular weight excluding hydrogens is 124 g/mol. The van der Waals surface area contributed by atoms with E-state index in [2.05, 4.69) is 16.9 Å². The zero-order valence-corrected chi connectivity index (χ0v) is 5.98. The van der Waals surface area contributed by atoms with Crippen LogP contribution in [0.4, 0.5) is 0 Å². The number of hydrogen-bond acceptors (Lipinski definition) is 2. The van der Waals surface area contributed by atoms with E-state index >= 15 is 0 Å². The van der Waals surface area contributed by atoms with Crippen LogP contribution in [0.25, 0.3) is 0 Å². The Bertz CT molecular complexity index is 191. The average molecular weight is 136 g/mol. The molecule has 0 aromatic heterocycles. The Hall–Kier alpha value is -0.920. The number of hydrazine groups is 1. The summed E-state index contributed by atoms with van der Waals surface area (Å²) < 4.78 is 0. The van der Waals surface area contributed by atoms with Crippen LogP contribution in [0.1, 0.15) is 25.7 Å². The van der Waals surface area contributed by atoms with Crippen LogP contribution in [0.2, 0.25) is 0 Å². The van der Waals surface area contributed by atoms with Gasteiger partial charge in [-0.3, -0.25) is 0 Å². The van der Waals surface area contributed by atoms with E-state index < -0.39 is 0 Å². The lowest BCUT2D eigenvalue weighted by atomic mass is 9.96. The molecule has 0 atom stereocenters. The molecule has 0 aromatic rings. The molecule has 2 aliphatic rings. The molecule has 0 saturated heterocycles. The van der Waals surface area contributed by atoms with Crippen LogP contribution in [0, 0.1) is 0 Å². The quantitative estimate of drug-likeness (QED) is 0.526. The van der Waals surface area contributed by atoms with E-state index in [1.807, 2.05) is 6.20 Å². The third-order valence-corrected chi connectivity index (χ3v) is 2.10. The van der Waals surface area contributed by atoms with Crippen molar-refractivity contribution < 1.29 is 0 Å². The molecule has 2 heteroatoms. The van der Waals surface area contributed by atoms with Gasteiger partial charge >= 0.3 is 0 Å². The van der Waals surface area contributed by atoms with E-state index in [0.717, 1.165) is 0 Å². The summed E-state index contributed by atoms with van der Waals surface area (Å²) >= 11 is 0. The van der Waals surface area contributed by atoms with Gasteiger partial charge in [0.25, 0.3) is 0 Å². The molecular formula is C8H12N2. The Morgan fingerprint density at radius 3 is 3.00 bits per heavy atom. The predicted molar refractivity (Wildman–Crippen MR) is 40.9 cm³/mol. The Balaban J connectivity index is 2.23. The molecule has 0 fully saturated rings. The van der Waals surface area contributed by atoms with Gasteiger partial charge in [-0.05, 0) is 37.3 Å². The lowest BCUT2D eigenvalue weighted by molar-refractivity contribution is 0.585. The maximum atomic E-state index is 3.16. The molecule has 2 rings (SSSR count). The second kappa shape index (κ2) is 2.37. The molecule has 2 N–H and O–H groups in total. The first kappa shape index (κ1) is 5.83.